The van der Waals surface area contributed by atoms with E-state index in [1.54, 1.807) is 7.11 Å². The second kappa shape index (κ2) is 6.23. The van der Waals surface area contributed by atoms with E-state index in [1.165, 1.54) is 12.8 Å². The molecule has 1 aliphatic carbocycles. The van der Waals surface area contributed by atoms with Gasteiger partial charge in [0.05, 0.1) is 24.8 Å². The first kappa shape index (κ1) is 15.5. The van der Waals surface area contributed by atoms with Crippen LogP contribution in [-0.2, 0) is 5.41 Å². The molecular weight excluding hydrogens is 276 g/mol. The Morgan fingerprint density at radius 3 is 2.50 bits per heavy atom. The minimum atomic E-state index is -0.358. The van der Waals surface area contributed by atoms with Crippen molar-refractivity contribution < 1.29 is 14.6 Å². The number of rotatable bonds is 5. The van der Waals surface area contributed by atoms with E-state index in [4.69, 9.17) is 21.1 Å². The number of hydrogen-bond acceptors (Lipinski definition) is 3. The average molecular weight is 299 g/mol. The highest BCUT2D eigenvalue weighted by atomic mass is 35.5. The van der Waals surface area contributed by atoms with Crippen molar-refractivity contribution >= 4 is 11.6 Å². The maximum absolute atomic E-state index is 9.49. The zero-order valence-corrected chi connectivity index (χ0v) is 13.2. The number of ether oxygens (including phenoxy) is 2. The molecule has 0 aliphatic heterocycles. The van der Waals surface area contributed by atoms with Crippen molar-refractivity contribution in [2.45, 2.75) is 51.0 Å². The lowest BCUT2D eigenvalue weighted by molar-refractivity contribution is 0.199. The van der Waals surface area contributed by atoms with Gasteiger partial charge in [0.1, 0.15) is 0 Å². The van der Waals surface area contributed by atoms with Gasteiger partial charge in [-0.05, 0) is 43.4 Å². The zero-order valence-electron chi connectivity index (χ0n) is 12.4. The first-order chi connectivity index (χ1) is 9.47. The fourth-order valence-corrected chi connectivity index (χ4v) is 2.74. The van der Waals surface area contributed by atoms with Crippen molar-refractivity contribution in [3.63, 3.8) is 0 Å². The number of benzene rings is 1. The average Bonchev–Trinajstić information content (AvgIpc) is 2.93. The molecule has 0 amide bonds. The summed E-state index contributed by atoms with van der Waals surface area (Å²) in [7, 11) is 1.61. The normalized spacial score (nSPS) is 16.4. The highest BCUT2D eigenvalue weighted by molar-refractivity contribution is 6.32. The molecule has 0 aromatic heterocycles. The molecule has 1 aromatic carbocycles. The Hall–Kier alpha value is -0.930. The van der Waals surface area contributed by atoms with E-state index in [2.05, 4.69) is 0 Å². The first-order valence-corrected chi connectivity index (χ1v) is 7.51. The van der Waals surface area contributed by atoms with Gasteiger partial charge in [0.2, 0.25) is 0 Å². The molecule has 1 aliphatic rings. The van der Waals surface area contributed by atoms with Crippen molar-refractivity contribution in [1.82, 2.24) is 0 Å². The van der Waals surface area contributed by atoms with E-state index in [9.17, 15) is 5.11 Å². The summed E-state index contributed by atoms with van der Waals surface area (Å²) < 4.78 is 11.4. The van der Waals surface area contributed by atoms with E-state index < -0.39 is 0 Å². The SMILES string of the molecule is COc1cc(C(C)(C)CO)cc(Cl)c1OC1CCCC1. The Labute approximate surface area is 125 Å². The third kappa shape index (κ3) is 3.21. The number of hydrogen-bond donors (Lipinski definition) is 1. The van der Waals surface area contributed by atoms with Crippen LogP contribution in [0.1, 0.15) is 45.1 Å². The van der Waals surface area contributed by atoms with Gasteiger partial charge in [-0.25, -0.2) is 0 Å². The number of methoxy groups -OCH3 is 1. The molecule has 20 heavy (non-hydrogen) atoms. The van der Waals surface area contributed by atoms with Gasteiger partial charge in [0.15, 0.2) is 11.5 Å². The van der Waals surface area contributed by atoms with Gasteiger partial charge in [-0.2, -0.15) is 0 Å². The highest BCUT2D eigenvalue weighted by Gasteiger charge is 2.25. The number of aliphatic hydroxyl groups is 1. The first-order valence-electron chi connectivity index (χ1n) is 7.13. The van der Waals surface area contributed by atoms with Crippen LogP contribution in [0.3, 0.4) is 0 Å². The molecule has 0 bridgehead atoms. The van der Waals surface area contributed by atoms with Crippen molar-refractivity contribution in [2.75, 3.05) is 13.7 Å². The summed E-state index contributed by atoms with van der Waals surface area (Å²) in [5, 5.41) is 10.0. The lowest BCUT2D eigenvalue weighted by Gasteiger charge is -2.25. The Bertz CT molecular complexity index is 465. The molecule has 3 nitrogen and oxygen atoms in total. The molecule has 4 heteroatoms. The molecule has 2 rings (SSSR count). The molecule has 0 spiro atoms. The number of halogens is 1. The smallest absolute Gasteiger partial charge is 0.180 e. The topological polar surface area (TPSA) is 38.7 Å². The van der Waals surface area contributed by atoms with Gasteiger partial charge in [-0.15, -0.1) is 0 Å². The summed E-state index contributed by atoms with van der Waals surface area (Å²) in [5.74, 6) is 1.26. The molecule has 1 fully saturated rings. The summed E-state index contributed by atoms with van der Waals surface area (Å²) in [4.78, 5) is 0. The molecule has 1 aromatic rings. The molecule has 112 valence electrons. The van der Waals surface area contributed by atoms with E-state index in [0.717, 1.165) is 18.4 Å². The van der Waals surface area contributed by atoms with Crippen molar-refractivity contribution in [1.29, 1.82) is 0 Å². The van der Waals surface area contributed by atoms with Gasteiger partial charge < -0.3 is 14.6 Å². The minimum Gasteiger partial charge on any atom is -0.493 e. The molecule has 0 saturated heterocycles. The summed E-state index contributed by atoms with van der Waals surface area (Å²) >= 11 is 6.37. The van der Waals surface area contributed by atoms with Crippen LogP contribution in [0.25, 0.3) is 0 Å². The largest absolute Gasteiger partial charge is 0.493 e. The molecule has 0 heterocycles. The maximum atomic E-state index is 9.49. The Morgan fingerprint density at radius 1 is 1.30 bits per heavy atom. The summed E-state index contributed by atoms with van der Waals surface area (Å²) in [6, 6.07) is 3.77. The predicted octanol–water partition coefficient (Wildman–Crippen LogP) is 3.94. The van der Waals surface area contributed by atoms with E-state index in [-0.39, 0.29) is 18.1 Å². The molecule has 0 atom stereocenters. The summed E-state index contributed by atoms with van der Waals surface area (Å²) in [6.45, 7) is 3.99. The zero-order chi connectivity index (χ0) is 14.8. The van der Waals surface area contributed by atoms with E-state index >= 15 is 0 Å². The molecule has 0 unspecified atom stereocenters. The number of aliphatic hydroxyl groups excluding tert-OH is 1. The maximum Gasteiger partial charge on any atom is 0.180 e. The highest BCUT2D eigenvalue weighted by Crippen LogP contribution is 2.41. The van der Waals surface area contributed by atoms with Crippen LogP contribution in [0.4, 0.5) is 0 Å². The van der Waals surface area contributed by atoms with Crippen LogP contribution < -0.4 is 9.47 Å². The Kier molecular flexibility index (Phi) is 4.82. The summed E-state index contributed by atoms with van der Waals surface area (Å²) in [5.41, 5.74) is 0.587. The van der Waals surface area contributed by atoms with Crippen LogP contribution in [0, 0.1) is 0 Å². The second-order valence-corrected chi connectivity index (χ2v) is 6.46. The van der Waals surface area contributed by atoms with Crippen LogP contribution in [0.5, 0.6) is 11.5 Å². The molecular formula is C16H23ClO3. The molecule has 1 saturated carbocycles. The van der Waals surface area contributed by atoms with Gasteiger partial charge in [-0.3, -0.25) is 0 Å². The van der Waals surface area contributed by atoms with Crippen molar-refractivity contribution in [2.24, 2.45) is 0 Å². The fraction of sp³-hybridized carbons (Fsp3) is 0.625. The quantitative estimate of drug-likeness (QED) is 0.895. The van der Waals surface area contributed by atoms with Gasteiger partial charge >= 0.3 is 0 Å². The van der Waals surface area contributed by atoms with Crippen LogP contribution in [0.2, 0.25) is 5.02 Å². The monoisotopic (exact) mass is 298 g/mol. The van der Waals surface area contributed by atoms with Crippen LogP contribution >= 0.6 is 11.6 Å². The van der Waals surface area contributed by atoms with Gasteiger partial charge in [0, 0.05) is 5.41 Å². The van der Waals surface area contributed by atoms with E-state index in [1.807, 2.05) is 26.0 Å². The Balaban J connectivity index is 2.32. The standard InChI is InChI=1S/C16H23ClO3/c1-16(2,10-18)11-8-13(17)15(14(9-11)19-3)20-12-6-4-5-7-12/h8-9,12,18H,4-7,10H2,1-3H3. The second-order valence-electron chi connectivity index (χ2n) is 6.06. The predicted molar refractivity (Wildman–Crippen MR) is 81.0 cm³/mol. The lowest BCUT2D eigenvalue weighted by Crippen LogP contribution is -2.22. The third-order valence-electron chi connectivity index (χ3n) is 3.99. The minimum absolute atomic E-state index is 0.0509. The van der Waals surface area contributed by atoms with Crippen molar-refractivity contribution in [3.05, 3.63) is 22.7 Å². The van der Waals surface area contributed by atoms with Crippen LogP contribution in [0.15, 0.2) is 12.1 Å². The molecule has 1 N–H and O–H groups in total. The molecule has 0 radical (unpaired) electrons. The van der Waals surface area contributed by atoms with E-state index in [0.29, 0.717) is 16.5 Å². The third-order valence-corrected chi connectivity index (χ3v) is 4.27. The fourth-order valence-electron chi connectivity index (χ4n) is 2.49. The Morgan fingerprint density at radius 2 is 1.95 bits per heavy atom. The summed E-state index contributed by atoms with van der Waals surface area (Å²) in [6.07, 6.45) is 4.80. The lowest BCUT2D eigenvalue weighted by atomic mass is 9.85. The van der Waals surface area contributed by atoms with Crippen molar-refractivity contribution in [3.8, 4) is 11.5 Å². The van der Waals surface area contributed by atoms with Crippen LogP contribution in [-0.4, -0.2) is 24.9 Å². The van der Waals surface area contributed by atoms with Gasteiger partial charge in [0.25, 0.3) is 0 Å². The van der Waals surface area contributed by atoms with Gasteiger partial charge in [-0.1, -0.05) is 25.4 Å².